The summed E-state index contributed by atoms with van der Waals surface area (Å²) in [7, 11) is 0. The van der Waals surface area contributed by atoms with Gasteiger partial charge in [-0.3, -0.25) is 14.4 Å². The summed E-state index contributed by atoms with van der Waals surface area (Å²) in [5.74, 6) is -1.04. The molecule has 6 heteroatoms. The Bertz CT molecular complexity index is 568. The van der Waals surface area contributed by atoms with Crippen LogP contribution in [0.3, 0.4) is 0 Å². The Morgan fingerprint density at radius 2 is 2.00 bits per heavy atom. The molecule has 0 aliphatic carbocycles. The summed E-state index contributed by atoms with van der Waals surface area (Å²) in [4.78, 5) is 36.6. The van der Waals surface area contributed by atoms with Gasteiger partial charge in [0.1, 0.15) is 0 Å². The van der Waals surface area contributed by atoms with E-state index in [1.165, 1.54) is 12.1 Å². The number of hydrogen-bond donors (Lipinski definition) is 2. The molecule has 2 unspecified atom stereocenters. The highest BCUT2D eigenvalue weighted by Gasteiger charge is 2.39. The van der Waals surface area contributed by atoms with E-state index in [4.69, 9.17) is 5.73 Å². The predicted molar refractivity (Wildman–Crippen MR) is 78.7 cm³/mol. The number of hydrogen-bond acceptors (Lipinski definition) is 4. The van der Waals surface area contributed by atoms with Crippen molar-refractivity contribution in [3.8, 4) is 0 Å². The summed E-state index contributed by atoms with van der Waals surface area (Å²) in [5, 5.41) is 3.15. The smallest absolute Gasteiger partial charge is 0.251 e. The summed E-state index contributed by atoms with van der Waals surface area (Å²) in [6, 6.07) is 5.82. The number of carbonyl (C=O) groups excluding carboxylic acids is 3. The molecule has 6 nitrogen and oxygen atoms in total. The molecule has 2 atom stereocenters. The summed E-state index contributed by atoms with van der Waals surface area (Å²) < 4.78 is 0. The van der Waals surface area contributed by atoms with Crippen molar-refractivity contribution in [2.45, 2.75) is 38.8 Å². The third kappa shape index (κ3) is 3.11. The maximum absolute atomic E-state index is 12.3. The highest BCUT2D eigenvalue weighted by molar-refractivity contribution is 6.22. The fraction of sp³-hybridized carbons (Fsp3) is 0.400. The van der Waals surface area contributed by atoms with Gasteiger partial charge in [-0.15, -0.1) is 0 Å². The minimum atomic E-state index is -0.545. The topological polar surface area (TPSA) is 92.5 Å². The van der Waals surface area contributed by atoms with Crippen LogP contribution in [0.15, 0.2) is 24.3 Å². The van der Waals surface area contributed by atoms with Crippen LogP contribution in [0.4, 0.5) is 5.69 Å². The highest BCUT2D eigenvalue weighted by Crippen LogP contribution is 2.23. The SMILES string of the molecule is CCC(C)NC1CC(=O)N(c2ccc(C(N)=O)cc2)C1=O. The number of benzene rings is 1. The number of imide groups is 1. The first-order valence-electron chi connectivity index (χ1n) is 6.96. The van der Waals surface area contributed by atoms with Crippen LogP contribution in [-0.2, 0) is 9.59 Å². The zero-order valence-electron chi connectivity index (χ0n) is 12.1. The van der Waals surface area contributed by atoms with Gasteiger partial charge in [-0.05, 0) is 37.6 Å². The molecule has 0 saturated carbocycles. The minimum Gasteiger partial charge on any atom is -0.366 e. The van der Waals surface area contributed by atoms with Crippen LogP contribution < -0.4 is 16.0 Å². The average molecular weight is 289 g/mol. The van der Waals surface area contributed by atoms with Gasteiger partial charge in [0.05, 0.1) is 18.2 Å². The van der Waals surface area contributed by atoms with Gasteiger partial charge in [0.15, 0.2) is 0 Å². The van der Waals surface area contributed by atoms with Gasteiger partial charge in [-0.2, -0.15) is 0 Å². The lowest BCUT2D eigenvalue weighted by Gasteiger charge is -2.18. The van der Waals surface area contributed by atoms with Gasteiger partial charge in [0, 0.05) is 11.6 Å². The van der Waals surface area contributed by atoms with Crippen molar-refractivity contribution in [1.29, 1.82) is 0 Å². The third-order valence-electron chi connectivity index (χ3n) is 3.65. The Labute approximate surface area is 123 Å². The summed E-state index contributed by atoms with van der Waals surface area (Å²) in [6.07, 6.45) is 1.03. The molecule has 0 radical (unpaired) electrons. The molecule has 1 aromatic rings. The molecule has 2 rings (SSSR count). The molecule has 112 valence electrons. The number of carbonyl (C=O) groups is 3. The van der Waals surface area contributed by atoms with E-state index in [0.717, 1.165) is 11.3 Å². The Hall–Kier alpha value is -2.21. The Balaban J connectivity index is 2.18. The van der Waals surface area contributed by atoms with Crippen LogP contribution in [-0.4, -0.2) is 29.8 Å². The molecule has 1 aromatic carbocycles. The molecule has 0 aromatic heterocycles. The van der Waals surface area contributed by atoms with E-state index in [9.17, 15) is 14.4 Å². The van der Waals surface area contributed by atoms with Gasteiger partial charge < -0.3 is 11.1 Å². The number of primary amides is 1. The van der Waals surface area contributed by atoms with Crippen LogP contribution in [0.2, 0.25) is 0 Å². The van der Waals surface area contributed by atoms with Crippen LogP contribution in [0.1, 0.15) is 37.0 Å². The van der Waals surface area contributed by atoms with E-state index in [-0.39, 0.29) is 24.3 Å². The number of nitrogens with one attached hydrogen (secondary N) is 1. The van der Waals surface area contributed by atoms with Crippen molar-refractivity contribution < 1.29 is 14.4 Å². The molecule has 21 heavy (non-hydrogen) atoms. The second-order valence-electron chi connectivity index (χ2n) is 5.21. The van der Waals surface area contributed by atoms with E-state index < -0.39 is 11.9 Å². The minimum absolute atomic E-state index is 0.154. The molecular weight excluding hydrogens is 270 g/mol. The Kier molecular flexibility index (Phi) is 4.37. The maximum atomic E-state index is 12.3. The number of nitrogens with zero attached hydrogens (tertiary/aromatic N) is 1. The quantitative estimate of drug-likeness (QED) is 0.784. The second-order valence-corrected chi connectivity index (χ2v) is 5.21. The molecule has 0 spiro atoms. The van der Waals surface area contributed by atoms with Crippen molar-refractivity contribution >= 4 is 23.4 Å². The van der Waals surface area contributed by atoms with E-state index >= 15 is 0 Å². The number of rotatable bonds is 5. The molecule has 1 fully saturated rings. The average Bonchev–Trinajstić information content (AvgIpc) is 2.73. The lowest BCUT2D eigenvalue weighted by atomic mass is 10.2. The van der Waals surface area contributed by atoms with Crippen LogP contribution in [0.5, 0.6) is 0 Å². The lowest BCUT2D eigenvalue weighted by Crippen LogP contribution is -2.42. The molecule has 1 aliphatic rings. The normalized spacial score (nSPS) is 19.9. The fourth-order valence-electron chi connectivity index (χ4n) is 2.27. The molecule has 1 aliphatic heterocycles. The second kappa shape index (κ2) is 6.05. The zero-order valence-corrected chi connectivity index (χ0v) is 12.1. The predicted octanol–water partition coefficient (Wildman–Crippen LogP) is 0.806. The van der Waals surface area contributed by atoms with Crippen molar-refractivity contribution in [3.05, 3.63) is 29.8 Å². The van der Waals surface area contributed by atoms with Gasteiger partial charge in [-0.25, -0.2) is 4.90 Å². The van der Waals surface area contributed by atoms with Crippen molar-refractivity contribution in [2.75, 3.05) is 4.90 Å². The van der Waals surface area contributed by atoms with Gasteiger partial charge in [0.2, 0.25) is 11.8 Å². The molecule has 1 heterocycles. The largest absolute Gasteiger partial charge is 0.366 e. The third-order valence-corrected chi connectivity index (χ3v) is 3.65. The Morgan fingerprint density at radius 1 is 1.38 bits per heavy atom. The standard InChI is InChI=1S/C15H19N3O3/c1-3-9(2)17-12-8-13(19)18(15(12)21)11-6-4-10(5-7-11)14(16)20/h4-7,9,12,17H,3,8H2,1-2H3,(H2,16,20). The van der Waals surface area contributed by atoms with E-state index in [1.54, 1.807) is 12.1 Å². The summed E-state index contributed by atoms with van der Waals surface area (Å²) >= 11 is 0. The van der Waals surface area contributed by atoms with E-state index in [2.05, 4.69) is 5.32 Å². The first kappa shape index (κ1) is 15.2. The molecular formula is C15H19N3O3. The van der Waals surface area contributed by atoms with Crippen LogP contribution in [0.25, 0.3) is 0 Å². The van der Waals surface area contributed by atoms with Crippen LogP contribution in [0, 0.1) is 0 Å². The maximum Gasteiger partial charge on any atom is 0.251 e. The lowest BCUT2D eigenvalue weighted by molar-refractivity contribution is -0.121. The van der Waals surface area contributed by atoms with E-state index in [1.807, 2.05) is 13.8 Å². The van der Waals surface area contributed by atoms with Gasteiger partial charge in [-0.1, -0.05) is 6.92 Å². The van der Waals surface area contributed by atoms with E-state index in [0.29, 0.717) is 11.3 Å². The number of nitrogens with two attached hydrogens (primary N) is 1. The fourth-order valence-corrected chi connectivity index (χ4v) is 2.27. The molecule has 1 saturated heterocycles. The molecule has 3 N–H and O–H groups in total. The van der Waals surface area contributed by atoms with Crippen molar-refractivity contribution in [2.24, 2.45) is 5.73 Å². The number of anilines is 1. The highest BCUT2D eigenvalue weighted by atomic mass is 16.2. The summed E-state index contributed by atoms with van der Waals surface area (Å²) in [5.41, 5.74) is 5.97. The van der Waals surface area contributed by atoms with Crippen LogP contribution >= 0.6 is 0 Å². The number of amides is 3. The first-order valence-corrected chi connectivity index (χ1v) is 6.96. The Morgan fingerprint density at radius 3 is 2.52 bits per heavy atom. The summed E-state index contributed by atoms with van der Waals surface area (Å²) in [6.45, 7) is 3.99. The first-order chi connectivity index (χ1) is 9.93. The molecule has 0 bridgehead atoms. The monoisotopic (exact) mass is 289 g/mol. The van der Waals surface area contributed by atoms with Crippen molar-refractivity contribution in [1.82, 2.24) is 5.32 Å². The van der Waals surface area contributed by atoms with Crippen molar-refractivity contribution in [3.63, 3.8) is 0 Å². The molecule has 3 amide bonds. The van der Waals surface area contributed by atoms with Gasteiger partial charge in [0.25, 0.3) is 5.91 Å². The van der Waals surface area contributed by atoms with Gasteiger partial charge >= 0.3 is 0 Å². The zero-order chi connectivity index (χ0) is 15.6.